The molecule has 0 aliphatic carbocycles. The normalized spacial score (nSPS) is 11.7. The summed E-state index contributed by atoms with van der Waals surface area (Å²) in [5.74, 6) is -1.21. The highest BCUT2D eigenvalue weighted by Gasteiger charge is 2.22. The molecule has 0 bridgehead atoms. The van der Waals surface area contributed by atoms with E-state index in [0.717, 1.165) is 6.42 Å². The van der Waals surface area contributed by atoms with Crippen molar-refractivity contribution in [2.24, 2.45) is 7.05 Å². The number of nitrogens with one attached hydrogen (secondary N) is 1. The van der Waals surface area contributed by atoms with Gasteiger partial charge in [0.2, 0.25) is 0 Å². The zero-order valence-electron chi connectivity index (χ0n) is 14.8. The standard InChI is InChI=1S/C19H22N2O4/c1-5-14-6-8-16(9-7-14)20-18(23)13(3)25-19(24)17-10-15(12(2)22)11-21(17)4/h6-11,13H,5H2,1-4H3,(H,20,23)/t13-/m1/s1. The molecule has 1 aromatic carbocycles. The summed E-state index contributed by atoms with van der Waals surface area (Å²) in [7, 11) is 1.64. The van der Waals surface area contributed by atoms with Crippen LogP contribution in [0.4, 0.5) is 5.69 Å². The van der Waals surface area contributed by atoms with Crippen LogP contribution in [0.15, 0.2) is 36.5 Å². The van der Waals surface area contributed by atoms with Crippen LogP contribution in [0.3, 0.4) is 0 Å². The van der Waals surface area contributed by atoms with Crippen molar-refractivity contribution in [3.05, 3.63) is 53.3 Å². The van der Waals surface area contributed by atoms with Gasteiger partial charge in [-0.15, -0.1) is 0 Å². The second-order valence-electron chi connectivity index (χ2n) is 5.87. The summed E-state index contributed by atoms with van der Waals surface area (Å²) in [5.41, 5.74) is 2.45. The van der Waals surface area contributed by atoms with Crippen molar-refractivity contribution in [1.29, 1.82) is 0 Å². The topological polar surface area (TPSA) is 77.4 Å². The number of carbonyl (C=O) groups is 3. The summed E-state index contributed by atoms with van der Waals surface area (Å²) in [6.07, 6.45) is 1.51. The van der Waals surface area contributed by atoms with Crippen LogP contribution in [0, 0.1) is 0 Å². The lowest BCUT2D eigenvalue weighted by atomic mass is 10.1. The Hall–Kier alpha value is -2.89. The molecule has 6 nitrogen and oxygen atoms in total. The first kappa shape index (κ1) is 18.4. The van der Waals surface area contributed by atoms with E-state index in [0.29, 0.717) is 11.3 Å². The Morgan fingerprint density at radius 1 is 1.20 bits per heavy atom. The SMILES string of the molecule is CCc1ccc(NC(=O)[C@@H](C)OC(=O)c2cc(C(C)=O)cn2C)cc1. The molecule has 2 aromatic rings. The van der Waals surface area contributed by atoms with E-state index in [9.17, 15) is 14.4 Å². The lowest BCUT2D eigenvalue weighted by molar-refractivity contribution is -0.123. The molecule has 0 unspecified atom stereocenters. The third kappa shape index (κ3) is 4.56. The summed E-state index contributed by atoms with van der Waals surface area (Å²) in [4.78, 5) is 35.8. The predicted octanol–water partition coefficient (Wildman–Crippen LogP) is 2.97. The minimum Gasteiger partial charge on any atom is -0.448 e. The average molecular weight is 342 g/mol. The minimum atomic E-state index is -0.964. The Labute approximate surface area is 146 Å². The van der Waals surface area contributed by atoms with E-state index in [-0.39, 0.29) is 11.5 Å². The molecule has 0 saturated carbocycles. The Morgan fingerprint density at radius 2 is 1.84 bits per heavy atom. The van der Waals surface area contributed by atoms with E-state index >= 15 is 0 Å². The first-order chi connectivity index (χ1) is 11.8. The highest BCUT2D eigenvalue weighted by Crippen LogP contribution is 2.13. The Bertz CT molecular complexity index is 790. The number of aromatic nitrogens is 1. The van der Waals surface area contributed by atoms with E-state index < -0.39 is 18.0 Å². The molecule has 1 atom stereocenters. The van der Waals surface area contributed by atoms with Crippen molar-refractivity contribution >= 4 is 23.3 Å². The molecule has 0 spiro atoms. The Balaban J connectivity index is 2.00. The molecule has 0 fully saturated rings. The lowest BCUT2D eigenvalue weighted by Gasteiger charge is -2.14. The highest BCUT2D eigenvalue weighted by molar-refractivity contribution is 5.99. The number of aryl methyl sites for hydroxylation is 2. The van der Waals surface area contributed by atoms with Crippen LogP contribution in [-0.2, 0) is 23.0 Å². The van der Waals surface area contributed by atoms with E-state index in [1.165, 1.54) is 30.0 Å². The number of Topliss-reactive ketones (excluding diaryl/α,β-unsaturated/α-hetero) is 1. The van der Waals surface area contributed by atoms with Gasteiger partial charge in [-0.1, -0.05) is 19.1 Å². The van der Waals surface area contributed by atoms with Gasteiger partial charge < -0.3 is 14.6 Å². The van der Waals surface area contributed by atoms with Gasteiger partial charge in [0.25, 0.3) is 5.91 Å². The van der Waals surface area contributed by atoms with Crippen LogP contribution < -0.4 is 5.32 Å². The molecule has 0 radical (unpaired) electrons. The van der Waals surface area contributed by atoms with Gasteiger partial charge in [0.1, 0.15) is 5.69 Å². The first-order valence-electron chi connectivity index (χ1n) is 8.10. The fourth-order valence-electron chi connectivity index (χ4n) is 2.30. The number of benzene rings is 1. The van der Waals surface area contributed by atoms with Gasteiger partial charge in [-0.3, -0.25) is 9.59 Å². The molecule has 132 valence electrons. The largest absolute Gasteiger partial charge is 0.448 e. The summed E-state index contributed by atoms with van der Waals surface area (Å²) in [5, 5.41) is 2.71. The zero-order valence-corrected chi connectivity index (χ0v) is 14.8. The van der Waals surface area contributed by atoms with Crippen molar-refractivity contribution in [1.82, 2.24) is 4.57 Å². The number of hydrogen-bond acceptors (Lipinski definition) is 4. The molecule has 6 heteroatoms. The molecule has 1 aromatic heterocycles. The number of rotatable bonds is 6. The van der Waals surface area contributed by atoms with Crippen LogP contribution in [-0.4, -0.2) is 28.3 Å². The summed E-state index contributed by atoms with van der Waals surface area (Å²) < 4.78 is 6.71. The summed E-state index contributed by atoms with van der Waals surface area (Å²) in [6.45, 7) is 4.98. The molecule has 25 heavy (non-hydrogen) atoms. The molecule has 2 rings (SSSR count). The number of amides is 1. The van der Waals surface area contributed by atoms with Crippen molar-refractivity contribution < 1.29 is 19.1 Å². The number of ether oxygens (including phenoxy) is 1. The van der Waals surface area contributed by atoms with Gasteiger partial charge in [-0.05, 0) is 44.0 Å². The molecular formula is C19H22N2O4. The molecule has 1 heterocycles. The van der Waals surface area contributed by atoms with Crippen molar-refractivity contribution in [2.45, 2.75) is 33.3 Å². The van der Waals surface area contributed by atoms with Crippen molar-refractivity contribution in [2.75, 3.05) is 5.32 Å². The maximum Gasteiger partial charge on any atom is 0.355 e. The van der Waals surface area contributed by atoms with E-state index in [1.807, 2.05) is 24.3 Å². The number of ketones is 1. The van der Waals surface area contributed by atoms with Crippen molar-refractivity contribution in [3.8, 4) is 0 Å². The number of hydrogen-bond donors (Lipinski definition) is 1. The Morgan fingerprint density at radius 3 is 2.36 bits per heavy atom. The van der Waals surface area contributed by atoms with E-state index in [1.54, 1.807) is 13.2 Å². The van der Waals surface area contributed by atoms with E-state index in [2.05, 4.69) is 12.2 Å². The molecular weight excluding hydrogens is 320 g/mol. The maximum atomic E-state index is 12.2. The maximum absolute atomic E-state index is 12.2. The van der Waals surface area contributed by atoms with Gasteiger partial charge in [-0.2, -0.15) is 0 Å². The number of anilines is 1. The van der Waals surface area contributed by atoms with Crippen LogP contribution in [0.1, 0.15) is 47.2 Å². The fourth-order valence-corrected chi connectivity index (χ4v) is 2.30. The second-order valence-corrected chi connectivity index (χ2v) is 5.87. The quantitative estimate of drug-likeness (QED) is 0.647. The van der Waals surface area contributed by atoms with Gasteiger partial charge in [0.15, 0.2) is 11.9 Å². The number of carbonyl (C=O) groups excluding carboxylic acids is 3. The monoisotopic (exact) mass is 342 g/mol. The van der Waals surface area contributed by atoms with Crippen LogP contribution >= 0.6 is 0 Å². The molecule has 1 N–H and O–H groups in total. The highest BCUT2D eigenvalue weighted by atomic mass is 16.5. The van der Waals surface area contributed by atoms with Gasteiger partial charge in [0, 0.05) is 24.5 Å². The minimum absolute atomic E-state index is 0.143. The van der Waals surface area contributed by atoms with Crippen LogP contribution in [0.2, 0.25) is 0 Å². The number of esters is 1. The Kier molecular flexibility index (Phi) is 5.75. The molecule has 0 aliphatic heterocycles. The summed E-state index contributed by atoms with van der Waals surface area (Å²) >= 11 is 0. The number of nitrogens with zero attached hydrogens (tertiary/aromatic N) is 1. The van der Waals surface area contributed by atoms with Crippen LogP contribution in [0.5, 0.6) is 0 Å². The van der Waals surface area contributed by atoms with Gasteiger partial charge in [-0.25, -0.2) is 4.79 Å². The third-order valence-electron chi connectivity index (χ3n) is 3.90. The fraction of sp³-hybridized carbons (Fsp3) is 0.316. The summed E-state index contributed by atoms with van der Waals surface area (Å²) in [6, 6.07) is 8.93. The third-order valence-corrected chi connectivity index (χ3v) is 3.90. The molecule has 0 saturated heterocycles. The smallest absolute Gasteiger partial charge is 0.355 e. The molecule has 0 aliphatic rings. The van der Waals surface area contributed by atoms with Gasteiger partial charge in [0.05, 0.1) is 0 Å². The lowest BCUT2D eigenvalue weighted by Crippen LogP contribution is -2.30. The first-order valence-corrected chi connectivity index (χ1v) is 8.10. The van der Waals surface area contributed by atoms with E-state index in [4.69, 9.17) is 4.74 Å². The van der Waals surface area contributed by atoms with Crippen LogP contribution in [0.25, 0.3) is 0 Å². The average Bonchev–Trinajstić information content (AvgIpc) is 2.97. The second kappa shape index (κ2) is 7.79. The molecule has 1 amide bonds. The van der Waals surface area contributed by atoms with Gasteiger partial charge >= 0.3 is 5.97 Å². The predicted molar refractivity (Wildman–Crippen MR) is 94.7 cm³/mol. The zero-order chi connectivity index (χ0) is 18.6. The van der Waals surface area contributed by atoms with Crippen molar-refractivity contribution in [3.63, 3.8) is 0 Å².